The second-order valence-corrected chi connectivity index (χ2v) is 2.59. The molecule has 11 heavy (non-hydrogen) atoms. The second-order valence-electron chi connectivity index (χ2n) is 2.59. The zero-order chi connectivity index (χ0) is 7.98. The predicted octanol–water partition coefficient (Wildman–Crippen LogP) is 2.28. The SMILES string of the molecule is CCCCC(CC)C(=O)O.[Rh]. The van der Waals surface area contributed by atoms with Crippen molar-refractivity contribution in [3.8, 4) is 0 Å². The molecule has 0 aromatic rings. The van der Waals surface area contributed by atoms with Gasteiger partial charge < -0.3 is 5.11 Å². The van der Waals surface area contributed by atoms with Gasteiger partial charge in [-0.3, -0.25) is 4.79 Å². The maximum Gasteiger partial charge on any atom is 0.306 e. The molecule has 0 amide bonds. The van der Waals surface area contributed by atoms with E-state index >= 15 is 0 Å². The maximum absolute atomic E-state index is 10.4. The quantitative estimate of drug-likeness (QED) is 0.757. The largest absolute Gasteiger partial charge is 0.481 e. The summed E-state index contributed by atoms with van der Waals surface area (Å²) in [6, 6.07) is 0. The molecule has 0 aliphatic carbocycles. The van der Waals surface area contributed by atoms with Crippen molar-refractivity contribution in [2.24, 2.45) is 5.92 Å². The van der Waals surface area contributed by atoms with Gasteiger partial charge in [0.05, 0.1) is 5.92 Å². The van der Waals surface area contributed by atoms with E-state index in [1.807, 2.05) is 6.92 Å². The molecule has 0 heterocycles. The normalized spacial score (nSPS) is 11.8. The predicted molar refractivity (Wildman–Crippen MR) is 40.9 cm³/mol. The number of aliphatic carboxylic acids is 1. The van der Waals surface area contributed by atoms with Crippen LogP contribution in [0.25, 0.3) is 0 Å². The van der Waals surface area contributed by atoms with Crippen molar-refractivity contribution in [1.82, 2.24) is 0 Å². The van der Waals surface area contributed by atoms with Gasteiger partial charge in [0.2, 0.25) is 0 Å². The Bertz CT molecular complexity index is 104. The molecule has 2 nitrogen and oxygen atoms in total. The molecule has 0 bridgehead atoms. The first-order valence-corrected chi connectivity index (χ1v) is 3.95. The molecule has 0 spiro atoms. The van der Waals surface area contributed by atoms with Crippen LogP contribution in [0, 0.1) is 5.92 Å². The molecular weight excluding hydrogens is 231 g/mol. The van der Waals surface area contributed by atoms with E-state index in [2.05, 4.69) is 6.92 Å². The smallest absolute Gasteiger partial charge is 0.306 e. The minimum absolute atomic E-state index is 0. The third-order valence-electron chi connectivity index (χ3n) is 1.75. The van der Waals surface area contributed by atoms with Gasteiger partial charge in [-0.2, -0.15) is 0 Å². The second kappa shape index (κ2) is 8.19. The van der Waals surface area contributed by atoms with Gasteiger partial charge in [-0.05, 0) is 12.8 Å². The van der Waals surface area contributed by atoms with E-state index in [9.17, 15) is 4.79 Å². The van der Waals surface area contributed by atoms with Crippen molar-refractivity contribution in [2.75, 3.05) is 0 Å². The van der Waals surface area contributed by atoms with Crippen LogP contribution in [-0.4, -0.2) is 11.1 Å². The summed E-state index contributed by atoms with van der Waals surface area (Å²) < 4.78 is 0. The number of hydrogen-bond acceptors (Lipinski definition) is 1. The summed E-state index contributed by atoms with van der Waals surface area (Å²) >= 11 is 0. The zero-order valence-electron chi connectivity index (χ0n) is 7.09. The Kier molecular flexibility index (Phi) is 10.2. The average molecular weight is 247 g/mol. The molecule has 3 heteroatoms. The summed E-state index contributed by atoms with van der Waals surface area (Å²) in [5.41, 5.74) is 0. The van der Waals surface area contributed by atoms with Crippen molar-refractivity contribution in [3.05, 3.63) is 0 Å². The number of carboxylic acids is 1. The topological polar surface area (TPSA) is 37.3 Å². The fraction of sp³-hybridized carbons (Fsp3) is 0.875. The van der Waals surface area contributed by atoms with Gasteiger partial charge in [0.15, 0.2) is 0 Å². The van der Waals surface area contributed by atoms with Gasteiger partial charge >= 0.3 is 5.97 Å². The zero-order valence-corrected chi connectivity index (χ0v) is 8.73. The number of carbonyl (C=O) groups is 1. The number of unbranched alkanes of at least 4 members (excludes halogenated alkanes) is 1. The summed E-state index contributed by atoms with van der Waals surface area (Å²) in [5, 5.41) is 8.60. The first-order chi connectivity index (χ1) is 4.72. The molecule has 1 N–H and O–H groups in total. The molecule has 69 valence electrons. The Labute approximate surface area is 81.1 Å². The van der Waals surface area contributed by atoms with Crippen LogP contribution in [-0.2, 0) is 24.3 Å². The van der Waals surface area contributed by atoms with Crippen molar-refractivity contribution in [3.63, 3.8) is 0 Å². The van der Waals surface area contributed by atoms with E-state index in [0.717, 1.165) is 25.7 Å². The minimum atomic E-state index is -0.643. The molecule has 0 rings (SSSR count). The molecule has 0 aromatic carbocycles. The summed E-state index contributed by atoms with van der Waals surface area (Å²) in [6.07, 6.45) is 3.71. The number of hydrogen-bond donors (Lipinski definition) is 1. The van der Waals surface area contributed by atoms with Crippen LogP contribution >= 0.6 is 0 Å². The Morgan fingerprint density at radius 3 is 2.27 bits per heavy atom. The fourth-order valence-corrected chi connectivity index (χ4v) is 0.953. The molecule has 0 saturated heterocycles. The minimum Gasteiger partial charge on any atom is -0.481 e. The third-order valence-corrected chi connectivity index (χ3v) is 1.75. The van der Waals surface area contributed by atoms with Crippen molar-refractivity contribution >= 4 is 5.97 Å². The van der Waals surface area contributed by atoms with Gasteiger partial charge in [0, 0.05) is 19.5 Å². The van der Waals surface area contributed by atoms with Crippen LogP contribution in [0.1, 0.15) is 39.5 Å². The van der Waals surface area contributed by atoms with Gasteiger partial charge in [0.25, 0.3) is 0 Å². The van der Waals surface area contributed by atoms with Crippen molar-refractivity contribution in [1.29, 1.82) is 0 Å². The van der Waals surface area contributed by atoms with E-state index in [-0.39, 0.29) is 25.4 Å². The van der Waals surface area contributed by atoms with Crippen molar-refractivity contribution in [2.45, 2.75) is 39.5 Å². The molecule has 1 unspecified atom stereocenters. The van der Waals surface area contributed by atoms with Gasteiger partial charge in [-0.15, -0.1) is 0 Å². The number of carboxylic acid groups (broad SMARTS) is 1. The first-order valence-electron chi connectivity index (χ1n) is 3.95. The van der Waals surface area contributed by atoms with E-state index < -0.39 is 5.97 Å². The monoisotopic (exact) mass is 247 g/mol. The van der Waals surface area contributed by atoms with E-state index in [4.69, 9.17) is 5.11 Å². The molecule has 0 saturated carbocycles. The van der Waals surface area contributed by atoms with Crippen LogP contribution < -0.4 is 0 Å². The van der Waals surface area contributed by atoms with E-state index in [0.29, 0.717) is 0 Å². The fourth-order valence-electron chi connectivity index (χ4n) is 0.953. The third kappa shape index (κ3) is 6.49. The van der Waals surface area contributed by atoms with Crippen LogP contribution in [0.4, 0.5) is 0 Å². The van der Waals surface area contributed by atoms with Gasteiger partial charge in [0.1, 0.15) is 0 Å². The molecular formula is C8H16O2Rh. The first kappa shape index (κ1) is 13.7. The summed E-state index contributed by atoms with van der Waals surface area (Å²) in [6.45, 7) is 4.00. The molecule has 0 aromatic heterocycles. The van der Waals surface area contributed by atoms with Gasteiger partial charge in [-0.1, -0.05) is 26.7 Å². The summed E-state index contributed by atoms with van der Waals surface area (Å²) in [4.78, 5) is 10.4. The molecule has 0 aliphatic rings. The molecule has 1 atom stereocenters. The van der Waals surface area contributed by atoms with Crippen LogP contribution in [0.5, 0.6) is 0 Å². The summed E-state index contributed by atoms with van der Waals surface area (Å²) in [7, 11) is 0. The Morgan fingerprint density at radius 1 is 1.45 bits per heavy atom. The van der Waals surface area contributed by atoms with Crippen LogP contribution in [0.15, 0.2) is 0 Å². The van der Waals surface area contributed by atoms with E-state index in [1.54, 1.807) is 0 Å². The summed E-state index contributed by atoms with van der Waals surface area (Å²) in [5.74, 6) is -0.754. The molecule has 0 aliphatic heterocycles. The average Bonchev–Trinajstić information content (AvgIpc) is 1.89. The Balaban J connectivity index is 0. The number of rotatable bonds is 5. The van der Waals surface area contributed by atoms with E-state index in [1.165, 1.54) is 0 Å². The molecule has 0 fully saturated rings. The van der Waals surface area contributed by atoms with Gasteiger partial charge in [-0.25, -0.2) is 0 Å². The van der Waals surface area contributed by atoms with Crippen LogP contribution in [0.2, 0.25) is 0 Å². The van der Waals surface area contributed by atoms with Crippen LogP contribution in [0.3, 0.4) is 0 Å². The Hall–Kier alpha value is 0.0934. The standard InChI is InChI=1S/C8H16O2.Rh/c1-3-5-6-7(4-2)8(9)10;/h7H,3-6H2,1-2H3,(H,9,10);. The molecule has 1 radical (unpaired) electrons. The van der Waals surface area contributed by atoms with Crippen molar-refractivity contribution < 1.29 is 29.4 Å². The maximum atomic E-state index is 10.4. The Morgan fingerprint density at radius 2 is 2.00 bits per heavy atom.